The molecule has 0 unspecified atom stereocenters. The Kier molecular flexibility index (Phi) is 5.50. The highest BCUT2D eigenvalue weighted by molar-refractivity contribution is 7.99. The number of para-hydroxylation sites is 1. The molecule has 0 aliphatic heterocycles. The third-order valence-corrected chi connectivity index (χ3v) is 3.78. The molecule has 2 rings (SSSR count). The molecular formula is C16H16N4OS. The number of rotatable bonds is 5. The van der Waals surface area contributed by atoms with Gasteiger partial charge in [-0.15, -0.1) is 0 Å². The molecule has 0 fully saturated rings. The lowest BCUT2D eigenvalue weighted by Crippen LogP contribution is -2.32. The Labute approximate surface area is 134 Å². The van der Waals surface area contributed by atoms with E-state index in [1.165, 1.54) is 16.7 Å². The van der Waals surface area contributed by atoms with Gasteiger partial charge in [0.25, 0.3) is 0 Å². The Morgan fingerprint density at radius 1 is 1.27 bits per heavy atom. The summed E-state index contributed by atoms with van der Waals surface area (Å²) in [5, 5.41) is 9.70. The standard InChI is InChI=1S/C16H16N4OS/c1-12-10-15(19-13(2)18-12)22-11-16(21)20(9-8-17)14-6-4-3-5-7-14/h3-7,10H,9,11H2,1-2H3. The summed E-state index contributed by atoms with van der Waals surface area (Å²) in [5.74, 6) is 0.797. The van der Waals surface area contributed by atoms with E-state index < -0.39 is 0 Å². The summed E-state index contributed by atoms with van der Waals surface area (Å²) in [6, 6.07) is 13.1. The van der Waals surface area contributed by atoms with Crippen LogP contribution in [0.25, 0.3) is 0 Å². The van der Waals surface area contributed by atoms with Gasteiger partial charge in [0.15, 0.2) is 0 Å². The summed E-state index contributed by atoms with van der Waals surface area (Å²) in [4.78, 5) is 22.4. The normalized spacial score (nSPS) is 10.0. The first-order valence-corrected chi connectivity index (χ1v) is 7.76. The zero-order chi connectivity index (χ0) is 15.9. The maximum absolute atomic E-state index is 12.4. The highest BCUT2D eigenvalue weighted by atomic mass is 32.2. The van der Waals surface area contributed by atoms with Gasteiger partial charge in [-0.3, -0.25) is 9.69 Å². The number of aryl methyl sites for hydroxylation is 2. The molecule has 0 saturated carbocycles. The van der Waals surface area contributed by atoms with Gasteiger partial charge in [-0.05, 0) is 32.0 Å². The predicted molar refractivity (Wildman–Crippen MR) is 86.6 cm³/mol. The van der Waals surface area contributed by atoms with E-state index in [-0.39, 0.29) is 18.2 Å². The molecule has 0 radical (unpaired) electrons. The minimum atomic E-state index is -0.119. The maximum atomic E-state index is 12.4. The Balaban J connectivity index is 2.07. The summed E-state index contributed by atoms with van der Waals surface area (Å²) >= 11 is 1.35. The second kappa shape index (κ2) is 7.57. The number of amides is 1. The number of benzene rings is 1. The minimum Gasteiger partial charge on any atom is -0.298 e. The summed E-state index contributed by atoms with van der Waals surface area (Å²) in [6.45, 7) is 3.75. The van der Waals surface area contributed by atoms with Gasteiger partial charge in [0, 0.05) is 11.4 Å². The van der Waals surface area contributed by atoms with Crippen LogP contribution in [-0.2, 0) is 4.79 Å². The second-order valence-corrected chi connectivity index (χ2v) is 5.65. The third kappa shape index (κ3) is 4.30. The van der Waals surface area contributed by atoms with Gasteiger partial charge in [0.05, 0.1) is 11.8 Å². The molecule has 0 N–H and O–H groups in total. The highest BCUT2D eigenvalue weighted by Crippen LogP contribution is 2.19. The van der Waals surface area contributed by atoms with E-state index in [4.69, 9.17) is 5.26 Å². The van der Waals surface area contributed by atoms with Gasteiger partial charge in [0.2, 0.25) is 5.91 Å². The number of hydrogen-bond acceptors (Lipinski definition) is 5. The first-order valence-electron chi connectivity index (χ1n) is 6.77. The zero-order valence-corrected chi connectivity index (χ0v) is 13.3. The van der Waals surface area contributed by atoms with Crippen molar-refractivity contribution in [2.75, 3.05) is 17.2 Å². The SMILES string of the molecule is Cc1cc(SCC(=O)N(CC#N)c2ccccc2)nc(C)n1. The molecule has 1 heterocycles. The number of thioether (sulfide) groups is 1. The first-order chi connectivity index (χ1) is 10.6. The molecule has 112 valence electrons. The van der Waals surface area contributed by atoms with Crippen LogP contribution in [0.2, 0.25) is 0 Å². The van der Waals surface area contributed by atoms with Crippen molar-refractivity contribution in [1.82, 2.24) is 9.97 Å². The molecule has 0 saturated heterocycles. The number of nitriles is 1. The van der Waals surface area contributed by atoms with Crippen molar-refractivity contribution in [2.24, 2.45) is 0 Å². The van der Waals surface area contributed by atoms with E-state index in [1.54, 1.807) is 0 Å². The molecule has 0 bridgehead atoms. The number of aromatic nitrogens is 2. The summed E-state index contributed by atoms with van der Waals surface area (Å²) in [7, 11) is 0. The molecule has 0 atom stereocenters. The zero-order valence-electron chi connectivity index (χ0n) is 12.5. The molecule has 1 aromatic heterocycles. The Morgan fingerprint density at radius 2 is 2.00 bits per heavy atom. The number of carbonyl (C=O) groups excluding carboxylic acids is 1. The molecule has 0 spiro atoms. The molecule has 0 aliphatic carbocycles. The molecule has 1 amide bonds. The lowest BCUT2D eigenvalue weighted by Gasteiger charge is -2.19. The quantitative estimate of drug-likeness (QED) is 0.482. The van der Waals surface area contributed by atoms with E-state index in [2.05, 4.69) is 9.97 Å². The molecular weight excluding hydrogens is 296 g/mol. The minimum absolute atomic E-state index is 0.0330. The van der Waals surface area contributed by atoms with E-state index in [0.29, 0.717) is 5.82 Å². The van der Waals surface area contributed by atoms with Crippen LogP contribution in [0, 0.1) is 25.2 Å². The fraction of sp³-hybridized carbons (Fsp3) is 0.250. The van der Waals surface area contributed by atoms with Crippen molar-refractivity contribution in [3.63, 3.8) is 0 Å². The van der Waals surface area contributed by atoms with Gasteiger partial charge < -0.3 is 0 Å². The Morgan fingerprint density at radius 3 is 2.64 bits per heavy atom. The average molecular weight is 312 g/mol. The number of carbonyl (C=O) groups is 1. The average Bonchev–Trinajstić information content (AvgIpc) is 2.50. The summed E-state index contributed by atoms with van der Waals surface area (Å²) < 4.78 is 0. The highest BCUT2D eigenvalue weighted by Gasteiger charge is 2.16. The van der Waals surface area contributed by atoms with Crippen LogP contribution in [0.4, 0.5) is 5.69 Å². The maximum Gasteiger partial charge on any atom is 0.238 e. The number of anilines is 1. The van der Waals surface area contributed by atoms with E-state index in [9.17, 15) is 4.79 Å². The Bertz CT molecular complexity index is 677. The van der Waals surface area contributed by atoms with E-state index >= 15 is 0 Å². The van der Waals surface area contributed by atoms with Crippen LogP contribution >= 0.6 is 11.8 Å². The van der Waals surface area contributed by atoms with Crippen molar-refractivity contribution < 1.29 is 4.79 Å². The fourth-order valence-electron chi connectivity index (χ4n) is 1.97. The fourth-order valence-corrected chi connectivity index (χ4v) is 2.85. The summed E-state index contributed by atoms with van der Waals surface area (Å²) in [6.07, 6.45) is 0. The van der Waals surface area contributed by atoms with Crippen LogP contribution < -0.4 is 4.90 Å². The van der Waals surface area contributed by atoms with Crippen molar-refractivity contribution >= 4 is 23.4 Å². The third-order valence-electron chi connectivity index (χ3n) is 2.88. The van der Waals surface area contributed by atoms with Gasteiger partial charge >= 0.3 is 0 Å². The lowest BCUT2D eigenvalue weighted by molar-refractivity contribution is -0.116. The summed E-state index contributed by atoms with van der Waals surface area (Å²) in [5.41, 5.74) is 1.60. The Hall–Kier alpha value is -2.39. The first kappa shape index (κ1) is 16.0. The van der Waals surface area contributed by atoms with E-state index in [1.807, 2.05) is 56.3 Å². The van der Waals surface area contributed by atoms with Crippen LogP contribution in [0.1, 0.15) is 11.5 Å². The van der Waals surface area contributed by atoms with Crippen LogP contribution in [0.3, 0.4) is 0 Å². The lowest BCUT2D eigenvalue weighted by atomic mass is 10.3. The number of hydrogen-bond donors (Lipinski definition) is 0. The molecule has 0 aliphatic rings. The molecule has 2 aromatic rings. The van der Waals surface area contributed by atoms with Gasteiger partial charge in [-0.25, -0.2) is 9.97 Å². The van der Waals surface area contributed by atoms with Crippen molar-refractivity contribution in [1.29, 1.82) is 5.26 Å². The largest absolute Gasteiger partial charge is 0.298 e. The molecule has 1 aromatic carbocycles. The van der Waals surface area contributed by atoms with Crippen LogP contribution in [0.15, 0.2) is 41.4 Å². The van der Waals surface area contributed by atoms with Gasteiger partial charge in [-0.1, -0.05) is 30.0 Å². The molecule has 6 heteroatoms. The topological polar surface area (TPSA) is 69.9 Å². The second-order valence-electron chi connectivity index (χ2n) is 4.66. The van der Waals surface area contributed by atoms with Gasteiger partial charge in [-0.2, -0.15) is 5.26 Å². The van der Waals surface area contributed by atoms with Crippen molar-refractivity contribution in [2.45, 2.75) is 18.9 Å². The smallest absolute Gasteiger partial charge is 0.238 e. The predicted octanol–water partition coefficient (Wildman–Crippen LogP) is 2.74. The van der Waals surface area contributed by atoms with Crippen LogP contribution in [0.5, 0.6) is 0 Å². The molecule has 5 nitrogen and oxygen atoms in total. The van der Waals surface area contributed by atoms with E-state index in [0.717, 1.165) is 16.4 Å². The van der Waals surface area contributed by atoms with Crippen LogP contribution in [-0.4, -0.2) is 28.2 Å². The van der Waals surface area contributed by atoms with Gasteiger partial charge in [0.1, 0.15) is 17.4 Å². The number of nitrogens with zero attached hydrogens (tertiary/aromatic N) is 4. The monoisotopic (exact) mass is 312 g/mol. The van der Waals surface area contributed by atoms with Crippen molar-refractivity contribution in [3.05, 3.63) is 47.9 Å². The van der Waals surface area contributed by atoms with Crippen molar-refractivity contribution in [3.8, 4) is 6.07 Å². The molecule has 22 heavy (non-hydrogen) atoms.